The lowest BCUT2D eigenvalue weighted by atomic mass is 10.1. The second-order valence-electron chi connectivity index (χ2n) is 7.42. The molecule has 0 radical (unpaired) electrons. The predicted octanol–water partition coefficient (Wildman–Crippen LogP) is 2.83. The number of hydrogen-bond acceptors (Lipinski definition) is 6. The zero-order valence-electron chi connectivity index (χ0n) is 17.2. The van der Waals surface area contributed by atoms with Gasteiger partial charge in [0.2, 0.25) is 0 Å². The molecule has 2 aliphatic heterocycles. The molecule has 2 heterocycles. The van der Waals surface area contributed by atoms with E-state index < -0.39 is 38.7 Å². The van der Waals surface area contributed by atoms with Gasteiger partial charge >= 0.3 is 0 Å². The van der Waals surface area contributed by atoms with Crippen molar-refractivity contribution in [3.05, 3.63) is 53.6 Å². The summed E-state index contributed by atoms with van der Waals surface area (Å²) in [6.07, 6.45) is -0.0439. The number of benzene rings is 2. The van der Waals surface area contributed by atoms with E-state index in [4.69, 9.17) is 9.47 Å². The maximum Gasteiger partial charge on any atom is 0.252 e. The number of anilines is 1. The summed E-state index contributed by atoms with van der Waals surface area (Å²) in [6.45, 7) is 0. The van der Waals surface area contributed by atoms with Crippen LogP contribution in [0.3, 0.4) is 0 Å². The van der Waals surface area contributed by atoms with Crippen LogP contribution in [0.2, 0.25) is 0 Å². The average molecular weight is 483 g/mol. The molecule has 11 heteroatoms. The van der Waals surface area contributed by atoms with E-state index in [1.165, 1.54) is 25.2 Å². The SMILES string of the molecule is COc1ccc(CC(=O)N=C2S[C@@H]3CS(=O)(=O)C[C@@H]3N2c2ccc(F)cc2F)cc1OC. The summed E-state index contributed by atoms with van der Waals surface area (Å²) >= 11 is 1.12. The van der Waals surface area contributed by atoms with E-state index in [0.29, 0.717) is 17.1 Å². The van der Waals surface area contributed by atoms with Crippen molar-refractivity contribution in [2.24, 2.45) is 4.99 Å². The van der Waals surface area contributed by atoms with E-state index >= 15 is 0 Å². The van der Waals surface area contributed by atoms with E-state index in [2.05, 4.69) is 4.99 Å². The van der Waals surface area contributed by atoms with Crippen molar-refractivity contribution < 1.29 is 31.5 Å². The van der Waals surface area contributed by atoms with Gasteiger partial charge in [0.25, 0.3) is 5.91 Å². The van der Waals surface area contributed by atoms with E-state index in [-0.39, 0.29) is 28.8 Å². The van der Waals surface area contributed by atoms with Gasteiger partial charge in [-0.15, -0.1) is 0 Å². The molecule has 2 aromatic carbocycles. The van der Waals surface area contributed by atoms with Crippen molar-refractivity contribution in [2.75, 3.05) is 30.6 Å². The minimum Gasteiger partial charge on any atom is -0.493 e. The number of fused-ring (bicyclic) bond motifs is 1. The molecule has 2 aromatic rings. The van der Waals surface area contributed by atoms with Crippen molar-refractivity contribution in [1.29, 1.82) is 0 Å². The molecule has 0 aromatic heterocycles. The van der Waals surface area contributed by atoms with Crippen molar-refractivity contribution in [3.63, 3.8) is 0 Å². The number of ether oxygens (including phenoxy) is 2. The molecule has 0 aliphatic carbocycles. The summed E-state index contributed by atoms with van der Waals surface area (Å²) in [4.78, 5) is 18.3. The molecule has 0 N–H and O–H groups in total. The topological polar surface area (TPSA) is 85.3 Å². The Kier molecular flexibility index (Phi) is 6.13. The van der Waals surface area contributed by atoms with Crippen LogP contribution in [0.1, 0.15) is 5.56 Å². The van der Waals surface area contributed by atoms with E-state index in [0.717, 1.165) is 23.9 Å². The van der Waals surface area contributed by atoms with Crippen molar-refractivity contribution in [1.82, 2.24) is 0 Å². The maximum absolute atomic E-state index is 14.6. The zero-order valence-corrected chi connectivity index (χ0v) is 18.9. The van der Waals surface area contributed by atoms with Gasteiger partial charge in [-0.3, -0.25) is 4.79 Å². The highest BCUT2D eigenvalue weighted by molar-refractivity contribution is 8.16. The van der Waals surface area contributed by atoms with Crippen molar-refractivity contribution in [3.8, 4) is 11.5 Å². The van der Waals surface area contributed by atoms with Crippen LogP contribution in [-0.2, 0) is 21.1 Å². The van der Waals surface area contributed by atoms with Crippen LogP contribution in [0.5, 0.6) is 11.5 Å². The minimum atomic E-state index is -3.31. The molecule has 2 saturated heterocycles. The summed E-state index contributed by atoms with van der Waals surface area (Å²) in [6, 6.07) is 7.50. The molecule has 4 rings (SSSR count). The summed E-state index contributed by atoms with van der Waals surface area (Å²) in [5.41, 5.74) is 0.628. The first-order valence-corrected chi connectivity index (χ1v) is 12.3. The first-order valence-electron chi connectivity index (χ1n) is 9.64. The number of carbonyl (C=O) groups is 1. The third kappa shape index (κ3) is 4.44. The van der Waals surface area contributed by atoms with Crippen LogP contribution in [0, 0.1) is 11.6 Å². The van der Waals surface area contributed by atoms with Gasteiger partial charge in [0.1, 0.15) is 11.6 Å². The molecule has 1 amide bonds. The number of nitrogens with zero attached hydrogens (tertiary/aromatic N) is 2. The summed E-state index contributed by atoms with van der Waals surface area (Å²) < 4.78 is 62.7. The molecule has 0 saturated carbocycles. The van der Waals surface area contributed by atoms with Crippen LogP contribution < -0.4 is 14.4 Å². The molecular formula is C21H20F2N2O5S2. The van der Waals surface area contributed by atoms with Crippen LogP contribution in [0.25, 0.3) is 0 Å². The lowest BCUT2D eigenvalue weighted by molar-refractivity contribution is -0.117. The van der Waals surface area contributed by atoms with E-state index in [1.807, 2.05) is 0 Å². The molecular weight excluding hydrogens is 462 g/mol. The van der Waals surface area contributed by atoms with E-state index in [1.54, 1.807) is 18.2 Å². The largest absolute Gasteiger partial charge is 0.493 e. The normalized spacial score (nSPS) is 22.8. The quantitative estimate of drug-likeness (QED) is 0.648. The van der Waals surface area contributed by atoms with Crippen LogP contribution >= 0.6 is 11.8 Å². The third-order valence-corrected chi connectivity index (χ3v) is 8.47. The number of aliphatic imine (C=N–C) groups is 1. The molecule has 32 heavy (non-hydrogen) atoms. The fourth-order valence-electron chi connectivity index (χ4n) is 3.83. The Bertz CT molecular complexity index is 1200. The Balaban J connectivity index is 1.64. The van der Waals surface area contributed by atoms with Crippen LogP contribution in [0.4, 0.5) is 14.5 Å². The van der Waals surface area contributed by atoms with Crippen molar-refractivity contribution >= 4 is 38.4 Å². The Morgan fingerprint density at radius 3 is 2.56 bits per heavy atom. The van der Waals surface area contributed by atoms with Crippen LogP contribution in [-0.4, -0.2) is 56.5 Å². The number of halogens is 2. The molecule has 170 valence electrons. The van der Waals surface area contributed by atoms with Gasteiger partial charge in [-0.25, -0.2) is 17.2 Å². The van der Waals surface area contributed by atoms with Gasteiger partial charge in [0.15, 0.2) is 26.5 Å². The zero-order chi connectivity index (χ0) is 23.0. The number of rotatable bonds is 5. The Hall–Kier alpha value is -2.66. The average Bonchev–Trinajstić information content (AvgIpc) is 3.19. The first-order chi connectivity index (χ1) is 15.2. The van der Waals surface area contributed by atoms with E-state index in [9.17, 15) is 22.0 Å². The van der Waals surface area contributed by atoms with Gasteiger partial charge in [0, 0.05) is 11.3 Å². The predicted molar refractivity (Wildman–Crippen MR) is 118 cm³/mol. The fraction of sp³-hybridized carbons (Fsp3) is 0.333. The molecule has 0 bridgehead atoms. The number of thioether (sulfide) groups is 1. The number of hydrogen-bond donors (Lipinski definition) is 0. The Morgan fingerprint density at radius 2 is 1.88 bits per heavy atom. The standard InChI is InChI=1S/C21H20F2N2O5S2/c1-29-17-6-3-12(7-18(17)30-2)8-20(26)24-21-25(15-5-4-13(22)9-14(15)23)16-10-32(27,28)11-19(16)31-21/h3-7,9,16,19H,8,10-11H2,1-2H3/t16-,19+/m0/s1. The molecule has 7 nitrogen and oxygen atoms in total. The highest BCUT2D eigenvalue weighted by Crippen LogP contribution is 2.42. The maximum atomic E-state index is 14.6. The van der Waals surface area contributed by atoms with Gasteiger partial charge in [-0.2, -0.15) is 4.99 Å². The van der Waals surface area contributed by atoms with Crippen LogP contribution in [0.15, 0.2) is 41.4 Å². The van der Waals surface area contributed by atoms with Crippen molar-refractivity contribution in [2.45, 2.75) is 17.7 Å². The van der Waals surface area contributed by atoms with Gasteiger partial charge in [-0.1, -0.05) is 17.8 Å². The fourth-order valence-corrected chi connectivity index (χ4v) is 7.76. The molecule has 2 fully saturated rings. The summed E-state index contributed by atoms with van der Waals surface area (Å²) in [5, 5.41) is -0.192. The molecule has 0 spiro atoms. The van der Waals surface area contributed by atoms with Gasteiger partial charge in [-0.05, 0) is 29.8 Å². The summed E-state index contributed by atoms with van der Waals surface area (Å²) in [5.74, 6) is -1.39. The molecule has 2 aliphatic rings. The van der Waals surface area contributed by atoms with Gasteiger partial charge < -0.3 is 14.4 Å². The number of methoxy groups -OCH3 is 2. The number of amidine groups is 1. The molecule has 2 atom stereocenters. The number of amides is 1. The third-order valence-electron chi connectivity index (χ3n) is 5.26. The summed E-state index contributed by atoms with van der Waals surface area (Å²) in [7, 11) is -0.314. The van der Waals surface area contributed by atoms with Gasteiger partial charge in [0.05, 0.1) is 43.9 Å². The smallest absolute Gasteiger partial charge is 0.252 e. The first kappa shape index (κ1) is 22.5. The molecule has 0 unspecified atom stereocenters. The minimum absolute atomic E-state index is 0.0128. The Labute approximate surface area is 188 Å². The number of carbonyl (C=O) groups excluding carboxylic acids is 1. The monoisotopic (exact) mass is 482 g/mol. The highest BCUT2D eigenvalue weighted by Gasteiger charge is 2.50. The highest BCUT2D eigenvalue weighted by atomic mass is 32.2. The lowest BCUT2D eigenvalue weighted by Crippen LogP contribution is -2.38. The second-order valence-corrected chi connectivity index (χ2v) is 10.8. The Morgan fingerprint density at radius 1 is 1.12 bits per heavy atom. The second kappa shape index (κ2) is 8.70. The number of sulfone groups is 1. The lowest BCUT2D eigenvalue weighted by Gasteiger charge is -2.24.